The van der Waals surface area contributed by atoms with Crippen LogP contribution in [0.2, 0.25) is 0 Å². The van der Waals surface area contributed by atoms with Crippen molar-refractivity contribution in [3.05, 3.63) is 0 Å². The van der Waals surface area contributed by atoms with Crippen LogP contribution in [-0.4, -0.2) is 36.9 Å². The molecule has 5 heteroatoms. The Kier molecular flexibility index (Phi) is 4.45. The molecule has 2 atom stereocenters. The van der Waals surface area contributed by atoms with Gasteiger partial charge in [0, 0.05) is 13.0 Å². The lowest BCUT2D eigenvalue weighted by molar-refractivity contribution is -0.175. The van der Waals surface area contributed by atoms with Gasteiger partial charge in [-0.3, -0.25) is 9.59 Å². The fraction of sp³-hybridized carbons (Fsp3) is 0.857. The summed E-state index contributed by atoms with van der Waals surface area (Å²) in [6.07, 6.45) is 5.44. The molecule has 0 radical (unpaired) electrons. The van der Waals surface area contributed by atoms with Crippen molar-refractivity contribution in [2.75, 3.05) is 13.7 Å². The van der Waals surface area contributed by atoms with Crippen molar-refractivity contribution in [3.8, 4) is 0 Å². The predicted molar refractivity (Wildman–Crippen MR) is 67.6 cm³/mol. The lowest BCUT2D eigenvalue weighted by atomic mass is 9.70. The summed E-state index contributed by atoms with van der Waals surface area (Å²) in [4.78, 5) is 24.0. The molecule has 0 spiro atoms. The van der Waals surface area contributed by atoms with E-state index in [4.69, 9.17) is 9.47 Å². The first-order valence-corrected chi connectivity index (χ1v) is 7.04. The third kappa shape index (κ3) is 2.61. The minimum absolute atomic E-state index is 0.123. The smallest absolute Gasteiger partial charge is 0.323 e. The molecule has 2 rings (SSSR count). The molecule has 5 nitrogen and oxygen atoms in total. The Morgan fingerprint density at radius 3 is 2.42 bits per heavy atom. The van der Waals surface area contributed by atoms with Crippen LogP contribution in [0.1, 0.15) is 44.9 Å². The van der Waals surface area contributed by atoms with E-state index in [1.807, 2.05) is 0 Å². The zero-order valence-corrected chi connectivity index (χ0v) is 11.4. The van der Waals surface area contributed by atoms with Gasteiger partial charge in [-0.2, -0.15) is 0 Å². The Morgan fingerprint density at radius 2 is 1.95 bits per heavy atom. The molecule has 1 aliphatic heterocycles. The summed E-state index contributed by atoms with van der Waals surface area (Å²) in [5.74, 6) is -1.79. The van der Waals surface area contributed by atoms with Gasteiger partial charge in [0.15, 0.2) is 5.41 Å². The van der Waals surface area contributed by atoms with Gasteiger partial charge in [-0.15, -0.1) is 0 Å². The average molecular weight is 270 g/mol. The summed E-state index contributed by atoms with van der Waals surface area (Å²) in [5, 5.41) is 9.69. The van der Waals surface area contributed by atoms with Crippen LogP contribution in [0.5, 0.6) is 0 Å². The van der Waals surface area contributed by atoms with Gasteiger partial charge in [0.2, 0.25) is 0 Å². The highest BCUT2D eigenvalue weighted by Gasteiger charge is 2.55. The third-order valence-corrected chi connectivity index (χ3v) is 4.56. The summed E-state index contributed by atoms with van der Waals surface area (Å²) >= 11 is 0. The van der Waals surface area contributed by atoms with Gasteiger partial charge in [0.25, 0.3) is 0 Å². The molecule has 1 aliphatic carbocycles. The van der Waals surface area contributed by atoms with Crippen molar-refractivity contribution >= 4 is 11.9 Å². The molecular formula is C14H22O5. The Morgan fingerprint density at radius 1 is 1.26 bits per heavy atom. The Hall–Kier alpha value is -1.10. The number of carbonyl (C=O) groups excluding carboxylic acids is 1. The number of aliphatic carboxylic acids is 1. The second-order valence-electron chi connectivity index (χ2n) is 5.59. The highest BCUT2D eigenvalue weighted by atomic mass is 16.5. The molecule has 2 aliphatic rings. The van der Waals surface area contributed by atoms with E-state index in [9.17, 15) is 14.7 Å². The van der Waals surface area contributed by atoms with Crippen LogP contribution >= 0.6 is 0 Å². The van der Waals surface area contributed by atoms with Gasteiger partial charge < -0.3 is 14.6 Å². The van der Waals surface area contributed by atoms with Crippen LogP contribution in [-0.2, 0) is 19.1 Å². The molecular weight excluding hydrogens is 248 g/mol. The Bertz CT molecular complexity index is 342. The monoisotopic (exact) mass is 270 g/mol. The number of carboxylic acid groups (broad SMARTS) is 1. The number of carboxylic acids is 1. The number of hydrogen-bond acceptors (Lipinski definition) is 4. The van der Waals surface area contributed by atoms with E-state index in [1.165, 1.54) is 7.11 Å². The van der Waals surface area contributed by atoms with Gasteiger partial charge in [0.05, 0.1) is 13.2 Å². The fourth-order valence-corrected chi connectivity index (χ4v) is 3.53. The first-order chi connectivity index (χ1) is 9.11. The third-order valence-electron chi connectivity index (χ3n) is 4.56. The Labute approximate surface area is 113 Å². The number of carbonyl (C=O) groups is 2. The van der Waals surface area contributed by atoms with Crippen molar-refractivity contribution in [3.63, 3.8) is 0 Å². The normalized spacial score (nSPS) is 27.1. The Balaban J connectivity index is 2.26. The van der Waals surface area contributed by atoms with Gasteiger partial charge in [-0.25, -0.2) is 0 Å². The molecule has 0 bridgehead atoms. The van der Waals surface area contributed by atoms with E-state index < -0.39 is 17.4 Å². The van der Waals surface area contributed by atoms with E-state index in [2.05, 4.69) is 0 Å². The molecule has 2 unspecified atom stereocenters. The number of esters is 1. The van der Waals surface area contributed by atoms with E-state index >= 15 is 0 Å². The number of methoxy groups -OCH3 is 1. The van der Waals surface area contributed by atoms with E-state index in [0.717, 1.165) is 38.5 Å². The molecule has 1 heterocycles. The molecule has 1 saturated carbocycles. The van der Waals surface area contributed by atoms with Crippen LogP contribution in [0.3, 0.4) is 0 Å². The highest BCUT2D eigenvalue weighted by Crippen LogP contribution is 2.45. The van der Waals surface area contributed by atoms with E-state index in [0.29, 0.717) is 6.61 Å². The van der Waals surface area contributed by atoms with E-state index in [1.54, 1.807) is 0 Å². The van der Waals surface area contributed by atoms with Gasteiger partial charge in [-0.05, 0) is 31.6 Å². The SMILES string of the molecule is COC(=O)C(CC1CCCO1)(C(=O)O)C1CCCC1. The lowest BCUT2D eigenvalue weighted by Gasteiger charge is -2.34. The van der Waals surface area contributed by atoms with Crippen LogP contribution in [0.25, 0.3) is 0 Å². The maximum Gasteiger partial charge on any atom is 0.323 e. The minimum atomic E-state index is -1.42. The first-order valence-electron chi connectivity index (χ1n) is 7.04. The number of ether oxygens (including phenoxy) is 2. The van der Waals surface area contributed by atoms with Crippen LogP contribution in [0, 0.1) is 11.3 Å². The highest BCUT2D eigenvalue weighted by molar-refractivity contribution is 5.99. The molecule has 108 valence electrons. The zero-order valence-electron chi connectivity index (χ0n) is 11.4. The van der Waals surface area contributed by atoms with Crippen molar-refractivity contribution < 1.29 is 24.2 Å². The zero-order chi connectivity index (χ0) is 13.9. The topological polar surface area (TPSA) is 72.8 Å². The molecule has 0 aromatic heterocycles. The lowest BCUT2D eigenvalue weighted by Crippen LogP contribution is -2.48. The quantitative estimate of drug-likeness (QED) is 0.611. The van der Waals surface area contributed by atoms with Gasteiger partial charge in [-0.1, -0.05) is 12.8 Å². The fourth-order valence-electron chi connectivity index (χ4n) is 3.53. The maximum absolute atomic E-state index is 12.2. The molecule has 2 fully saturated rings. The summed E-state index contributed by atoms with van der Waals surface area (Å²) in [6, 6.07) is 0. The van der Waals surface area contributed by atoms with Gasteiger partial charge >= 0.3 is 11.9 Å². The second-order valence-corrected chi connectivity index (χ2v) is 5.59. The molecule has 0 aromatic carbocycles. The predicted octanol–water partition coefficient (Wildman–Crippen LogP) is 1.99. The van der Waals surface area contributed by atoms with Crippen molar-refractivity contribution in [1.82, 2.24) is 0 Å². The first kappa shape index (κ1) is 14.3. The van der Waals surface area contributed by atoms with Crippen LogP contribution < -0.4 is 0 Å². The molecule has 0 aromatic rings. The van der Waals surface area contributed by atoms with Gasteiger partial charge in [0.1, 0.15) is 0 Å². The average Bonchev–Trinajstić information content (AvgIpc) is 3.07. The molecule has 1 N–H and O–H groups in total. The molecule has 1 saturated heterocycles. The van der Waals surface area contributed by atoms with Crippen molar-refractivity contribution in [2.45, 2.75) is 51.0 Å². The summed E-state index contributed by atoms with van der Waals surface area (Å²) in [5.41, 5.74) is -1.42. The minimum Gasteiger partial charge on any atom is -0.480 e. The molecule has 0 amide bonds. The summed E-state index contributed by atoms with van der Waals surface area (Å²) in [7, 11) is 1.27. The summed E-state index contributed by atoms with van der Waals surface area (Å²) < 4.78 is 10.4. The standard InChI is InChI=1S/C14H22O5/c1-18-13(17)14(12(15)16,10-5-2-3-6-10)9-11-7-4-8-19-11/h10-11H,2-9H2,1H3,(H,15,16). The maximum atomic E-state index is 12.2. The number of hydrogen-bond donors (Lipinski definition) is 1. The summed E-state index contributed by atoms with van der Waals surface area (Å²) in [6.45, 7) is 0.659. The van der Waals surface area contributed by atoms with Crippen molar-refractivity contribution in [1.29, 1.82) is 0 Å². The second kappa shape index (κ2) is 5.90. The van der Waals surface area contributed by atoms with E-state index in [-0.39, 0.29) is 18.4 Å². The largest absolute Gasteiger partial charge is 0.480 e. The molecule has 19 heavy (non-hydrogen) atoms. The van der Waals surface area contributed by atoms with Crippen molar-refractivity contribution in [2.24, 2.45) is 11.3 Å². The van der Waals surface area contributed by atoms with Crippen LogP contribution in [0.4, 0.5) is 0 Å². The van der Waals surface area contributed by atoms with Crippen LogP contribution in [0.15, 0.2) is 0 Å². The number of rotatable bonds is 5.